The first kappa shape index (κ1) is 13.7. The Hall–Kier alpha value is -1.76. The summed E-state index contributed by atoms with van der Waals surface area (Å²) in [6, 6.07) is 4.66. The van der Waals surface area contributed by atoms with E-state index in [4.69, 9.17) is 4.52 Å². The molecule has 0 fully saturated rings. The van der Waals surface area contributed by atoms with E-state index in [1.165, 1.54) is 6.07 Å². The van der Waals surface area contributed by atoms with Crippen molar-refractivity contribution in [3.63, 3.8) is 0 Å². The van der Waals surface area contributed by atoms with Crippen LogP contribution in [0.5, 0.6) is 0 Å². The Morgan fingerprint density at radius 3 is 2.37 bits per heavy atom. The molecule has 0 bridgehead atoms. The van der Waals surface area contributed by atoms with E-state index in [0.717, 1.165) is 6.26 Å². The summed E-state index contributed by atoms with van der Waals surface area (Å²) in [5.41, 5.74) is 0.113. The van der Waals surface area contributed by atoms with E-state index in [1.54, 1.807) is 12.1 Å². The molecule has 6 nitrogen and oxygen atoms in total. The highest BCUT2D eigenvalue weighted by Gasteiger charge is 2.22. The third-order valence-corrected chi connectivity index (χ3v) is 3.41. The second-order valence-corrected chi connectivity index (χ2v) is 7.27. The van der Waals surface area contributed by atoms with Crippen LogP contribution in [0.1, 0.15) is 26.6 Å². The summed E-state index contributed by atoms with van der Waals surface area (Å²) >= 11 is 0. The summed E-state index contributed by atoms with van der Waals surface area (Å²) < 4.78 is 28.0. The third-order valence-electron chi connectivity index (χ3n) is 2.42. The maximum Gasteiger partial charge on any atom is 0.276 e. The summed E-state index contributed by atoms with van der Waals surface area (Å²) in [5.74, 6) is 0.768. The Balaban J connectivity index is 2.46. The largest absolute Gasteiger partial charge is 0.332 e. The molecule has 0 spiro atoms. The van der Waals surface area contributed by atoms with Crippen molar-refractivity contribution >= 4 is 9.84 Å². The summed E-state index contributed by atoms with van der Waals surface area (Å²) in [5, 5.41) is 3.87. The zero-order chi connectivity index (χ0) is 14.3. The lowest BCUT2D eigenvalue weighted by atomic mass is 9.96. The Bertz CT molecular complexity index is 699. The second kappa shape index (κ2) is 4.41. The Morgan fingerprint density at radius 2 is 1.84 bits per heavy atom. The van der Waals surface area contributed by atoms with Crippen molar-refractivity contribution in [2.24, 2.45) is 0 Å². The molecule has 2 heterocycles. The standard InChI is InChI=1S/C12H15N3O3S/c1-12(2,3)11-14-10(18-15-11)8-6-5-7-9(13-8)19(4,16)17/h5-7H,1-4H3. The zero-order valence-corrected chi connectivity index (χ0v) is 12.0. The van der Waals surface area contributed by atoms with Gasteiger partial charge in [-0.25, -0.2) is 13.4 Å². The van der Waals surface area contributed by atoms with Gasteiger partial charge in [-0.1, -0.05) is 32.0 Å². The SMILES string of the molecule is CC(C)(C)c1noc(-c2cccc(S(C)(=O)=O)n2)n1. The first-order valence-electron chi connectivity index (χ1n) is 5.69. The van der Waals surface area contributed by atoms with Crippen molar-refractivity contribution in [1.29, 1.82) is 0 Å². The molecule has 0 aliphatic rings. The molecule has 0 atom stereocenters. The molecular formula is C12H15N3O3S. The molecule has 0 aromatic carbocycles. The van der Waals surface area contributed by atoms with Gasteiger partial charge >= 0.3 is 0 Å². The van der Waals surface area contributed by atoms with Crippen LogP contribution in [0, 0.1) is 0 Å². The zero-order valence-electron chi connectivity index (χ0n) is 11.2. The Labute approximate surface area is 111 Å². The molecule has 0 aliphatic heterocycles. The van der Waals surface area contributed by atoms with Crippen molar-refractivity contribution in [1.82, 2.24) is 15.1 Å². The topological polar surface area (TPSA) is 86.0 Å². The van der Waals surface area contributed by atoms with Gasteiger partial charge in [0, 0.05) is 11.7 Å². The third kappa shape index (κ3) is 2.98. The number of nitrogens with zero attached hydrogens (tertiary/aromatic N) is 3. The van der Waals surface area contributed by atoms with E-state index in [2.05, 4.69) is 15.1 Å². The fraction of sp³-hybridized carbons (Fsp3) is 0.417. The highest BCUT2D eigenvalue weighted by atomic mass is 32.2. The van der Waals surface area contributed by atoms with E-state index in [9.17, 15) is 8.42 Å². The van der Waals surface area contributed by atoms with Crippen molar-refractivity contribution < 1.29 is 12.9 Å². The average molecular weight is 281 g/mol. The molecule has 0 amide bonds. The minimum Gasteiger partial charge on any atom is -0.332 e. The van der Waals surface area contributed by atoms with Gasteiger partial charge in [0.25, 0.3) is 5.89 Å². The van der Waals surface area contributed by atoms with E-state index < -0.39 is 9.84 Å². The van der Waals surface area contributed by atoms with Crippen LogP contribution in [0.25, 0.3) is 11.6 Å². The van der Waals surface area contributed by atoms with Gasteiger partial charge in [-0.05, 0) is 12.1 Å². The van der Waals surface area contributed by atoms with E-state index in [0.29, 0.717) is 11.5 Å². The van der Waals surface area contributed by atoms with Crippen molar-refractivity contribution in [3.8, 4) is 11.6 Å². The van der Waals surface area contributed by atoms with Gasteiger partial charge in [-0.3, -0.25) is 0 Å². The van der Waals surface area contributed by atoms with Crippen molar-refractivity contribution in [2.75, 3.05) is 6.26 Å². The van der Waals surface area contributed by atoms with Crippen LogP contribution in [0.15, 0.2) is 27.7 Å². The van der Waals surface area contributed by atoms with Gasteiger partial charge in [0.2, 0.25) is 0 Å². The highest BCUT2D eigenvalue weighted by molar-refractivity contribution is 7.90. The lowest BCUT2D eigenvalue weighted by molar-refractivity contribution is 0.401. The molecule has 0 saturated carbocycles. The molecule has 2 aromatic rings. The number of aromatic nitrogens is 3. The van der Waals surface area contributed by atoms with Gasteiger partial charge in [-0.2, -0.15) is 4.98 Å². The number of pyridine rings is 1. The fourth-order valence-electron chi connectivity index (χ4n) is 1.37. The lowest BCUT2D eigenvalue weighted by Crippen LogP contribution is -2.13. The minimum absolute atomic E-state index is 0.0134. The first-order chi connectivity index (χ1) is 8.68. The Morgan fingerprint density at radius 1 is 1.16 bits per heavy atom. The lowest BCUT2D eigenvalue weighted by Gasteiger charge is -2.10. The van der Waals surface area contributed by atoms with Crippen LogP contribution in [0.4, 0.5) is 0 Å². The molecule has 0 radical (unpaired) electrons. The second-order valence-electron chi connectivity index (χ2n) is 5.31. The summed E-state index contributed by atoms with van der Waals surface area (Å²) in [6.07, 6.45) is 1.10. The average Bonchev–Trinajstić information content (AvgIpc) is 2.77. The molecule has 0 aliphatic carbocycles. The molecular weight excluding hydrogens is 266 g/mol. The van der Waals surface area contributed by atoms with Crippen LogP contribution < -0.4 is 0 Å². The van der Waals surface area contributed by atoms with Gasteiger partial charge in [0.15, 0.2) is 20.7 Å². The molecule has 0 unspecified atom stereocenters. The maximum atomic E-state index is 11.5. The molecule has 7 heteroatoms. The predicted octanol–water partition coefficient (Wildman–Crippen LogP) is 1.83. The van der Waals surface area contributed by atoms with E-state index >= 15 is 0 Å². The Kier molecular flexibility index (Phi) is 3.17. The van der Waals surface area contributed by atoms with Crippen molar-refractivity contribution in [3.05, 3.63) is 24.0 Å². The van der Waals surface area contributed by atoms with Crippen LogP contribution in [0.2, 0.25) is 0 Å². The maximum absolute atomic E-state index is 11.5. The predicted molar refractivity (Wildman–Crippen MR) is 69.3 cm³/mol. The van der Waals surface area contributed by atoms with Gasteiger partial charge in [0.05, 0.1) is 0 Å². The van der Waals surface area contributed by atoms with Gasteiger partial charge in [0.1, 0.15) is 5.69 Å². The van der Waals surface area contributed by atoms with Gasteiger partial charge in [-0.15, -0.1) is 0 Å². The molecule has 0 N–H and O–H groups in total. The summed E-state index contributed by atoms with van der Waals surface area (Å²) in [7, 11) is -3.36. The minimum atomic E-state index is -3.36. The molecule has 102 valence electrons. The molecule has 0 saturated heterocycles. The summed E-state index contributed by atoms with van der Waals surface area (Å²) in [6.45, 7) is 5.88. The molecule has 2 aromatic heterocycles. The normalized spacial score (nSPS) is 12.6. The smallest absolute Gasteiger partial charge is 0.276 e. The number of hydrogen-bond acceptors (Lipinski definition) is 6. The van der Waals surface area contributed by atoms with Gasteiger partial charge < -0.3 is 4.52 Å². The van der Waals surface area contributed by atoms with Crippen LogP contribution >= 0.6 is 0 Å². The molecule has 19 heavy (non-hydrogen) atoms. The fourth-order valence-corrected chi connectivity index (χ4v) is 1.96. The first-order valence-corrected chi connectivity index (χ1v) is 7.59. The number of sulfone groups is 1. The van der Waals surface area contributed by atoms with E-state index in [1.807, 2.05) is 20.8 Å². The van der Waals surface area contributed by atoms with Crippen molar-refractivity contribution in [2.45, 2.75) is 31.2 Å². The number of hydrogen-bond donors (Lipinski definition) is 0. The van der Waals surface area contributed by atoms with Crippen LogP contribution in [0.3, 0.4) is 0 Å². The van der Waals surface area contributed by atoms with E-state index in [-0.39, 0.29) is 16.3 Å². The van der Waals surface area contributed by atoms with Crippen LogP contribution in [-0.2, 0) is 15.3 Å². The van der Waals surface area contributed by atoms with Crippen LogP contribution in [-0.4, -0.2) is 29.8 Å². The summed E-state index contributed by atoms with van der Waals surface area (Å²) in [4.78, 5) is 8.27. The monoisotopic (exact) mass is 281 g/mol. The molecule has 2 rings (SSSR count). The number of rotatable bonds is 2. The highest BCUT2D eigenvalue weighted by Crippen LogP contribution is 2.23. The quantitative estimate of drug-likeness (QED) is 0.834.